The molecule has 0 aromatic heterocycles. The smallest absolute Gasteiger partial charge is 0.0679 e. The molecule has 0 bridgehead atoms. The molecule has 2 aliphatic rings. The summed E-state index contributed by atoms with van der Waals surface area (Å²) >= 11 is 0. The van der Waals surface area contributed by atoms with Crippen LogP contribution in [0.5, 0.6) is 0 Å². The van der Waals surface area contributed by atoms with Gasteiger partial charge in [0.25, 0.3) is 0 Å². The summed E-state index contributed by atoms with van der Waals surface area (Å²) in [6.45, 7) is 4.01. The minimum absolute atomic E-state index is 0.280. The normalized spacial score (nSPS) is 29.2. The number of aliphatic hydroxyl groups is 1. The lowest BCUT2D eigenvalue weighted by Crippen LogP contribution is -2.59. The van der Waals surface area contributed by atoms with Crippen LogP contribution >= 0.6 is 0 Å². The number of likely N-dealkylation sites (tertiary alicyclic amines) is 1. The van der Waals surface area contributed by atoms with Crippen molar-refractivity contribution in [2.45, 2.75) is 18.4 Å². The standard InChI is InChI=1S/C8H15NO2/c10-5-4-9-3-1-2-8(9)6-11-7-8/h10H,1-7H2. The molecule has 0 aromatic carbocycles. The molecular formula is C8H15NO2. The highest BCUT2D eigenvalue weighted by Crippen LogP contribution is 2.35. The van der Waals surface area contributed by atoms with Crippen LogP contribution in [0.1, 0.15) is 12.8 Å². The Morgan fingerprint density at radius 1 is 1.45 bits per heavy atom. The summed E-state index contributed by atoms with van der Waals surface area (Å²) in [7, 11) is 0. The minimum Gasteiger partial charge on any atom is -0.395 e. The van der Waals surface area contributed by atoms with E-state index >= 15 is 0 Å². The van der Waals surface area contributed by atoms with E-state index in [-0.39, 0.29) is 6.61 Å². The average Bonchev–Trinajstić information content (AvgIpc) is 2.31. The van der Waals surface area contributed by atoms with E-state index in [4.69, 9.17) is 9.84 Å². The van der Waals surface area contributed by atoms with Gasteiger partial charge in [0, 0.05) is 6.54 Å². The number of ether oxygens (including phenoxy) is 1. The molecule has 1 N–H and O–H groups in total. The van der Waals surface area contributed by atoms with Crippen LogP contribution < -0.4 is 0 Å². The van der Waals surface area contributed by atoms with Gasteiger partial charge in [0.15, 0.2) is 0 Å². The third kappa shape index (κ3) is 1.08. The Kier molecular flexibility index (Phi) is 1.87. The second-order valence-corrected chi connectivity index (χ2v) is 3.53. The van der Waals surface area contributed by atoms with E-state index in [1.807, 2.05) is 0 Å². The van der Waals surface area contributed by atoms with Crippen LogP contribution in [0.25, 0.3) is 0 Å². The minimum atomic E-state index is 0.280. The molecule has 2 saturated heterocycles. The molecule has 2 heterocycles. The van der Waals surface area contributed by atoms with E-state index in [9.17, 15) is 0 Å². The van der Waals surface area contributed by atoms with Gasteiger partial charge in [-0.3, -0.25) is 4.90 Å². The highest BCUT2D eigenvalue weighted by molar-refractivity contribution is 5.00. The maximum Gasteiger partial charge on any atom is 0.0679 e. The second-order valence-electron chi connectivity index (χ2n) is 3.53. The third-order valence-corrected chi connectivity index (χ3v) is 2.85. The summed E-state index contributed by atoms with van der Waals surface area (Å²) in [6, 6.07) is 0. The first-order chi connectivity index (χ1) is 5.37. The zero-order valence-electron chi connectivity index (χ0n) is 6.75. The molecule has 1 spiro atoms. The lowest BCUT2D eigenvalue weighted by atomic mass is 9.94. The molecular weight excluding hydrogens is 142 g/mol. The maximum absolute atomic E-state index is 8.80. The first kappa shape index (κ1) is 7.53. The topological polar surface area (TPSA) is 32.7 Å². The zero-order valence-corrected chi connectivity index (χ0v) is 6.75. The fraction of sp³-hybridized carbons (Fsp3) is 1.00. The Morgan fingerprint density at radius 2 is 2.27 bits per heavy atom. The van der Waals surface area contributed by atoms with Gasteiger partial charge in [-0.05, 0) is 19.4 Å². The van der Waals surface area contributed by atoms with Crippen molar-refractivity contribution in [2.75, 3.05) is 32.9 Å². The Morgan fingerprint density at radius 3 is 2.82 bits per heavy atom. The van der Waals surface area contributed by atoms with Crippen molar-refractivity contribution < 1.29 is 9.84 Å². The van der Waals surface area contributed by atoms with Gasteiger partial charge < -0.3 is 9.84 Å². The Bertz CT molecular complexity index is 145. The van der Waals surface area contributed by atoms with Gasteiger partial charge in [-0.1, -0.05) is 0 Å². The third-order valence-electron chi connectivity index (χ3n) is 2.85. The molecule has 2 fully saturated rings. The van der Waals surface area contributed by atoms with Crippen molar-refractivity contribution in [3.8, 4) is 0 Å². The highest BCUT2D eigenvalue weighted by atomic mass is 16.5. The van der Waals surface area contributed by atoms with Crippen LogP contribution in [-0.2, 0) is 4.74 Å². The van der Waals surface area contributed by atoms with Gasteiger partial charge in [-0.2, -0.15) is 0 Å². The van der Waals surface area contributed by atoms with Crippen LogP contribution in [0, 0.1) is 0 Å². The molecule has 3 nitrogen and oxygen atoms in total. The van der Waals surface area contributed by atoms with Crippen LogP contribution in [-0.4, -0.2) is 48.5 Å². The van der Waals surface area contributed by atoms with E-state index in [1.54, 1.807) is 0 Å². The van der Waals surface area contributed by atoms with E-state index in [1.165, 1.54) is 12.8 Å². The lowest BCUT2D eigenvalue weighted by Gasteiger charge is -2.45. The van der Waals surface area contributed by atoms with Crippen molar-refractivity contribution in [3.63, 3.8) is 0 Å². The molecule has 0 saturated carbocycles. The van der Waals surface area contributed by atoms with Gasteiger partial charge >= 0.3 is 0 Å². The van der Waals surface area contributed by atoms with Gasteiger partial charge in [0.1, 0.15) is 0 Å². The molecule has 2 rings (SSSR count). The SMILES string of the molecule is OCCN1CCCC12COC2. The van der Waals surface area contributed by atoms with Crippen LogP contribution in [0.15, 0.2) is 0 Å². The first-order valence-corrected chi connectivity index (χ1v) is 4.31. The zero-order chi connectivity index (χ0) is 7.73. The van der Waals surface area contributed by atoms with Gasteiger partial charge in [-0.15, -0.1) is 0 Å². The predicted molar refractivity (Wildman–Crippen MR) is 41.4 cm³/mol. The lowest BCUT2D eigenvalue weighted by molar-refractivity contribution is -0.125. The average molecular weight is 157 g/mol. The molecule has 0 amide bonds. The van der Waals surface area contributed by atoms with Crippen molar-refractivity contribution in [3.05, 3.63) is 0 Å². The first-order valence-electron chi connectivity index (χ1n) is 4.31. The summed E-state index contributed by atoms with van der Waals surface area (Å²) in [6.07, 6.45) is 2.52. The van der Waals surface area contributed by atoms with Gasteiger partial charge in [0.05, 0.1) is 25.4 Å². The highest BCUT2D eigenvalue weighted by Gasteiger charge is 2.46. The monoisotopic (exact) mass is 157 g/mol. The Hall–Kier alpha value is -0.120. The molecule has 0 aromatic rings. The summed E-state index contributed by atoms with van der Waals surface area (Å²) in [4.78, 5) is 2.37. The Labute approximate surface area is 66.9 Å². The quantitative estimate of drug-likeness (QED) is 0.604. The van der Waals surface area contributed by atoms with Gasteiger partial charge in [0.2, 0.25) is 0 Å². The molecule has 0 radical (unpaired) electrons. The molecule has 0 unspecified atom stereocenters. The number of hydrogen-bond acceptors (Lipinski definition) is 3. The predicted octanol–water partition coefficient (Wildman–Crippen LogP) is -0.157. The van der Waals surface area contributed by atoms with Gasteiger partial charge in [-0.25, -0.2) is 0 Å². The van der Waals surface area contributed by atoms with Crippen molar-refractivity contribution >= 4 is 0 Å². The van der Waals surface area contributed by atoms with Crippen LogP contribution in [0.2, 0.25) is 0 Å². The molecule has 11 heavy (non-hydrogen) atoms. The van der Waals surface area contributed by atoms with E-state index in [0.29, 0.717) is 5.54 Å². The molecule has 3 heteroatoms. The van der Waals surface area contributed by atoms with Crippen LogP contribution in [0.4, 0.5) is 0 Å². The number of β-amino-alcohol motifs (C(OH)–C–C–N with tert-alkyl or cyclic N) is 1. The number of nitrogens with zero attached hydrogens (tertiary/aromatic N) is 1. The summed E-state index contributed by atoms with van der Waals surface area (Å²) in [5.74, 6) is 0. The summed E-state index contributed by atoms with van der Waals surface area (Å²) < 4.78 is 5.21. The molecule has 2 aliphatic heterocycles. The second kappa shape index (κ2) is 2.73. The van der Waals surface area contributed by atoms with Crippen molar-refractivity contribution in [1.82, 2.24) is 4.90 Å². The molecule has 64 valence electrons. The Balaban J connectivity index is 1.96. The largest absolute Gasteiger partial charge is 0.395 e. The van der Waals surface area contributed by atoms with E-state index in [0.717, 1.165) is 26.3 Å². The van der Waals surface area contributed by atoms with E-state index in [2.05, 4.69) is 4.90 Å². The number of hydrogen-bond donors (Lipinski definition) is 1. The summed E-state index contributed by atoms with van der Waals surface area (Å²) in [5.41, 5.74) is 0.336. The fourth-order valence-corrected chi connectivity index (χ4v) is 2.13. The maximum atomic E-state index is 8.80. The van der Waals surface area contributed by atoms with Crippen molar-refractivity contribution in [2.24, 2.45) is 0 Å². The molecule has 0 aliphatic carbocycles. The fourth-order valence-electron chi connectivity index (χ4n) is 2.13. The van der Waals surface area contributed by atoms with Crippen LogP contribution in [0.3, 0.4) is 0 Å². The number of rotatable bonds is 2. The molecule has 0 atom stereocenters. The number of aliphatic hydroxyl groups excluding tert-OH is 1. The summed E-state index contributed by atoms with van der Waals surface area (Å²) in [5, 5.41) is 8.80. The van der Waals surface area contributed by atoms with Crippen molar-refractivity contribution in [1.29, 1.82) is 0 Å². The van der Waals surface area contributed by atoms with E-state index < -0.39 is 0 Å².